The largest absolute Gasteiger partial charge is 0.477 e. The number of aromatic carboxylic acids is 1. The summed E-state index contributed by atoms with van der Waals surface area (Å²) in [5, 5.41) is 8.89. The molecule has 0 amide bonds. The third-order valence-electron chi connectivity index (χ3n) is 2.11. The maximum Gasteiger partial charge on any atom is 0.354 e. The van der Waals surface area contributed by atoms with Gasteiger partial charge in [0.1, 0.15) is 0 Å². The Labute approximate surface area is 92.6 Å². The van der Waals surface area contributed by atoms with Crippen LogP contribution in [0.1, 0.15) is 16.2 Å². The average molecular weight is 214 g/mol. The first-order chi connectivity index (χ1) is 7.66. The number of aryl methyl sites for hydroxylation is 1. The third-order valence-corrected chi connectivity index (χ3v) is 2.11. The number of hydrogen-bond donors (Lipinski definition) is 1. The molecule has 2 rings (SSSR count). The second kappa shape index (κ2) is 4.10. The van der Waals surface area contributed by atoms with E-state index in [1.54, 1.807) is 6.92 Å². The van der Waals surface area contributed by atoms with Gasteiger partial charge in [-0.1, -0.05) is 30.3 Å². The molecule has 2 aromatic rings. The molecule has 4 nitrogen and oxygen atoms in total. The normalized spacial score (nSPS) is 10.1. The molecule has 80 valence electrons. The van der Waals surface area contributed by atoms with Crippen LogP contribution in [0.25, 0.3) is 11.4 Å². The summed E-state index contributed by atoms with van der Waals surface area (Å²) >= 11 is 0. The maximum atomic E-state index is 10.8. The van der Waals surface area contributed by atoms with Crippen molar-refractivity contribution in [2.75, 3.05) is 0 Å². The van der Waals surface area contributed by atoms with Crippen molar-refractivity contribution in [1.29, 1.82) is 0 Å². The first-order valence-electron chi connectivity index (χ1n) is 4.81. The Kier molecular flexibility index (Phi) is 2.64. The van der Waals surface area contributed by atoms with Crippen molar-refractivity contribution in [1.82, 2.24) is 9.97 Å². The van der Waals surface area contributed by atoms with Gasteiger partial charge in [0.05, 0.1) is 0 Å². The van der Waals surface area contributed by atoms with Crippen LogP contribution in [0.3, 0.4) is 0 Å². The second-order valence-corrected chi connectivity index (χ2v) is 3.39. The molecule has 4 heteroatoms. The molecule has 0 spiro atoms. The Balaban J connectivity index is 2.54. The van der Waals surface area contributed by atoms with Gasteiger partial charge in [-0.25, -0.2) is 14.8 Å². The molecule has 0 aliphatic heterocycles. The van der Waals surface area contributed by atoms with Gasteiger partial charge < -0.3 is 5.11 Å². The molecule has 0 aliphatic rings. The lowest BCUT2D eigenvalue weighted by Gasteiger charge is -2.02. The summed E-state index contributed by atoms with van der Waals surface area (Å²) in [5.74, 6) is -0.597. The van der Waals surface area contributed by atoms with Gasteiger partial charge >= 0.3 is 5.97 Å². The van der Waals surface area contributed by atoms with Gasteiger partial charge in [0.2, 0.25) is 0 Å². The van der Waals surface area contributed by atoms with Crippen molar-refractivity contribution in [2.24, 2.45) is 0 Å². The molecule has 1 heterocycles. The van der Waals surface area contributed by atoms with E-state index in [0.29, 0.717) is 11.5 Å². The molecular formula is C12H10N2O2. The van der Waals surface area contributed by atoms with Crippen LogP contribution in [0.5, 0.6) is 0 Å². The minimum absolute atomic E-state index is 0.0198. The third kappa shape index (κ3) is 2.06. The van der Waals surface area contributed by atoms with Crippen molar-refractivity contribution in [3.05, 3.63) is 47.8 Å². The van der Waals surface area contributed by atoms with Gasteiger partial charge in [-0.15, -0.1) is 0 Å². The van der Waals surface area contributed by atoms with Crippen molar-refractivity contribution >= 4 is 5.97 Å². The van der Waals surface area contributed by atoms with Gasteiger partial charge in [0.25, 0.3) is 0 Å². The number of carboxylic acids is 1. The summed E-state index contributed by atoms with van der Waals surface area (Å²) in [5.41, 5.74) is 1.48. The van der Waals surface area contributed by atoms with Crippen LogP contribution in [0.4, 0.5) is 0 Å². The lowest BCUT2D eigenvalue weighted by molar-refractivity contribution is 0.0690. The van der Waals surface area contributed by atoms with Crippen LogP contribution in [-0.4, -0.2) is 21.0 Å². The quantitative estimate of drug-likeness (QED) is 0.831. The summed E-state index contributed by atoms with van der Waals surface area (Å²) in [7, 11) is 0. The van der Waals surface area contributed by atoms with E-state index in [4.69, 9.17) is 5.11 Å². The Morgan fingerprint density at radius 2 is 1.88 bits per heavy atom. The lowest BCUT2D eigenvalue weighted by Crippen LogP contribution is -2.04. The van der Waals surface area contributed by atoms with Crippen LogP contribution < -0.4 is 0 Å². The minimum atomic E-state index is -1.04. The molecule has 0 aliphatic carbocycles. The summed E-state index contributed by atoms with van der Waals surface area (Å²) in [6.07, 6.45) is 0. The highest BCUT2D eigenvalue weighted by molar-refractivity contribution is 5.86. The molecule has 16 heavy (non-hydrogen) atoms. The van der Waals surface area contributed by atoms with Crippen molar-refractivity contribution < 1.29 is 9.90 Å². The lowest BCUT2D eigenvalue weighted by atomic mass is 10.2. The number of carboxylic acid groups (broad SMARTS) is 1. The average Bonchev–Trinajstić information content (AvgIpc) is 2.29. The molecule has 1 N–H and O–H groups in total. The smallest absolute Gasteiger partial charge is 0.354 e. The minimum Gasteiger partial charge on any atom is -0.477 e. The van der Waals surface area contributed by atoms with Crippen molar-refractivity contribution in [2.45, 2.75) is 6.92 Å². The number of aromatic nitrogens is 2. The Morgan fingerprint density at radius 3 is 2.50 bits per heavy atom. The highest BCUT2D eigenvalue weighted by Crippen LogP contribution is 2.15. The second-order valence-electron chi connectivity index (χ2n) is 3.39. The summed E-state index contributed by atoms with van der Waals surface area (Å²) in [6, 6.07) is 10.8. The molecule has 0 radical (unpaired) electrons. The number of rotatable bonds is 2. The highest BCUT2D eigenvalue weighted by atomic mass is 16.4. The first kappa shape index (κ1) is 10.3. The summed E-state index contributed by atoms with van der Waals surface area (Å²) in [6.45, 7) is 1.75. The molecule has 1 aromatic heterocycles. The molecule has 1 aromatic carbocycles. The van der Waals surface area contributed by atoms with Gasteiger partial charge in [-0.3, -0.25) is 0 Å². The monoisotopic (exact) mass is 214 g/mol. The SMILES string of the molecule is Cc1cc(C(=O)O)nc(-c2ccccc2)n1. The van der Waals surface area contributed by atoms with E-state index in [-0.39, 0.29) is 5.69 Å². The number of hydrogen-bond acceptors (Lipinski definition) is 3. The molecule has 0 saturated heterocycles. The Hall–Kier alpha value is -2.23. The Bertz CT molecular complexity index is 524. The molecule has 0 fully saturated rings. The van der Waals surface area contributed by atoms with Gasteiger partial charge in [0.15, 0.2) is 11.5 Å². The molecule has 0 atom stereocenters. The van der Waals surface area contributed by atoms with E-state index in [2.05, 4.69) is 9.97 Å². The van der Waals surface area contributed by atoms with E-state index >= 15 is 0 Å². The van der Waals surface area contributed by atoms with E-state index in [9.17, 15) is 4.79 Å². The molecule has 0 bridgehead atoms. The first-order valence-corrected chi connectivity index (χ1v) is 4.81. The maximum absolute atomic E-state index is 10.8. The molecule has 0 unspecified atom stereocenters. The number of benzene rings is 1. The Morgan fingerprint density at radius 1 is 1.19 bits per heavy atom. The number of carbonyl (C=O) groups is 1. The highest BCUT2D eigenvalue weighted by Gasteiger charge is 2.09. The fraction of sp³-hybridized carbons (Fsp3) is 0.0833. The summed E-state index contributed by atoms with van der Waals surface area (Å²) in [4.78, 5) is 19.1. The van der Waals surface area contributed by atoms with E-state index in [1.807, 2.05) is 30.3 Å². The van der Waals surface area contributed by atoms with E-state index < -0.39 is 5.97 Å². The zero-order valence-corrected chi connectivity index (χ0v) is 8.71. The van der Waals surface area contributed by atoms with Crippen LogP contribution in [-0.2, 0) is 0 Å². The fourth-order valence-corrected chi connectivity index (χ4v) is 1.39. The molecule has 0 saturated carbocycles. The van der Waals surface area contributed by atoms with E-state index in [1.165, 1.54) is 6.07 Å². The molecular weight excluding hydrogens is 204 g/mol. The van der Waals surface area contributed by atoms with Crippen molar-refractivity contribution in [3.8, 4) is 11.4 Å². The zero-order chi connectivity index (χ0) is 11.5. The standard InChI is InChI=1S/C12H10N2O2/c1-8-7-10(12(15)16)14-11(13-8)9-5-3-2-4-6-9/h2-7H,1H3,(H,15,16). The predicted molar refractivity (Wildman–Crippen MR) is 59.2 cm³/mol. The van der Waals surface area contributed by atoms with Gasteiger partial charge in [-0.2, -0.15) is 0 Å². The topological polar surface area (TPSA) is 63.1 Å². The zero-order valence-electron chi connectivity index (χ0n) is 8.71. The van der Waals surface area contributed by atoms with Crippen molar-refractivity contribution in [3.63, 3.8) is 0 Å². The van der Waals surface area contributed by atoms with Crippen LogP contribution in [0.15, 0.2) is 36.4 Å². The van der Waals surface area contributed by atoms with Crippen LogP contribution in [0.2, 0.25) is 0 Å². The number of nitrogens with zero attached hydrogens (tertiary/aromatic N) is 2. The van der Waals surface area contributed by atoms with Crippen LogP contribution in [0, 0.1) is 6.92 Å². The van der Waals surface area contributed by atoms with Crippen LogP contribution >= 0.6 is 0 Å². The van der Waals surface area contributed by atoms with Gasteiger partial charge in [0, 0.05) is 11.3 Å². The van der Waals surface area contributed by atoms with E-state index in [0.717, 1.165) is 5.56 Å². The van der Waals surface area contributed by atoms with Gasteiger partial charge in [-0.05, 0) is 13.0 Å². The fourth-order valence-electron chi connectivity index (χ4n) is 1.39. The summed E-state index contributed by atoms with van der Waals surface area (Å²) < 4.78 is 0. The predicted octanol–water partition coefficient (Wildman–Crippen LogP) is 2.15.